The van der Waals surface area contributed by atoms with Crippen molar-refractivity contribution >= 4 is 11.6 Å². The van der Waals surface area contributed by atoms with Crippen LogP contribution in [0.1, 0.15) is 50.2 Å². The lowest BCUT2D eigenvalue weighted by Crippen LogP contribution is -1.97. The van der Waals surface area contributed by atoms with Gasteiger partial charge in [-0.2, -0.15) is 0 Å². The maximum absolute atomic E-state index is 13.7. The standard InChI is InChI=1S/C21H22ClFO/c1-2-3-4-5-6-15-24-20-13-8-17(9-14-20)7-10-18-11-12-19(22)16-21(18)23/h8-9,11-14,16H,2-6,15H2,1H3. The topological polar surface area (TPSA) is 9.23 Å². The quantitative estimate of drug-likeness (QED) is 0.427. The minimum atomic E-state index is -0.405. The molecule has 0 radical (unpaired) electrons. The molecule has 0 heterocycles. The van der Waals surface area contributed by atoms with Crippen molar-refractivity contribution < 1.29 is 9.13 Å². The summed E-state index contributed by atoms with van der Waals surface area (Å²) in [6, 6.07) is 12.0. The van der Waals surface area contributed by atoms with E-state index in [-0.39, 0.29) is 0 Å². The zero-order valence-corrected chi connectivity index (χ0v) is 14.7. The molecule has 0 saturated heterocycles. The highest BCUT2D eigenvalue weighted by Gasteiger charge is 1.99. The molecule has 0 atom stereocenters. The summed E-state index contributed by atoms with van der Waals surface area (Å²) in [4.78, 5) is 0. The largest absolute Gasteiger partial charge is 0.494 e. The number of ether oxygens (including phenoxy) is 1. The molecule has 0 aliphatic rings. The van der Waals surface area contributed by atoms with Crippen LogP contribution in [-0.2, 0) is 0 Å². The van der Waals surface area contributed by atoms with Crippen molar-refractivity contribution in [3.63, 3.8) is 0 Å². The fraction of sp³-hybridized carbons (Fsp3) is 0.333. The molecular weight excluding hydrogens is 323 g/mol. The molecule has 0 fully saturated rings. The first kappa shape index (κ1) is 18.4. The van der Waals surface area contributed by atoms with Crippen molar-refractivity contribution in [2.75, 3.05) is 6.61 Å². The van der Waals surface area contributed by atoms with E-state index in [0.717, 1.165) is 24.3 Å². The molecule has 2 aromatic rings. The highest BCUT2D eigenvalue weighted by atomic mass is 35.5. The van der Waals surface area contributed by atoms with Gasteiger partial charge in [0.05, 0.1) is 12.2 Å². The van der Waals surface area contributed by atoms with Crippen LogP contribution in [0, 0.1) is 17.7 Å². The van der Waals surface area contributed by atoms with Crippen LogP contribution in [-0.4, -0.2) is 6.61 Å². The van der Waals surface area contributed by atoms with E-state index in [0.29, 0.717) is 10.6 Å². The van der Waals surface area contributed by atoms with Crippen molar-refractivity contribution in [2.24, 2.45) is 0 Å². The van der Waals surface area contributed by atoms with Crippen molar-refractivity contribution in [2.45, 2.75) is 39.0 Å². The number of benzene rings is 2. The Kier molecular flexibility index (Phi) is 7.65. The Balaban J connectivity index is 1.85. The van der Waals surface area contributed by atoms with Crippen LogP contribution < -0.4 is 4.74 Å². The number of unbranched alkanes of at least 4 members (excludes halogenated alkanes) is 4. The van der Waals surface area contributed by atoms with Gasteiger partial charge in [0, 0.05) is 10.6 Å². The minimum Gasteiger partial charge on any atom is -0.494 e. The lowest BCUT2D eigenvalue weighted by Gasteiger charge is -2.05. The summed E-state index contributed by atoms with van der Waals surface area (Å²) in [5.41, 5.74) is 1.16. The van der Waals surface area contributed by atoms with Gasteiger partial charge < -0.3 is 4.74 Å². The van der Waals surface area contributed by atoms with Crippen molar-refractivity contribution in [1.82, 2.24) is 0 Å². The van der Waals surface area contributed by atoms with Crippen LogP contribution in [0.4, 0.5) is 4.39 Å². The Morgan fingerprint density at radius 1 is 0.958 bits per heavy atom. The second-order valence-electron chi connectivity index (χ2n) is 5.66. The Labute approximate surface area is 148 Å². The first-order valence-electron chi connectivity index (χ1n) is 8.39. The van der Waals surface area contributed by atoms with Gasteiger partial charge in [0.2, 0.25) is 0 Å². The van der Waals surface area contributed by atoms with E-state index in [9.17, 15) is 4.39 Å². The Bertz CT molecular complexity index is 698. The van der Waals surface area contributed by atoms with Crippen LogP contribution >= 0.6 is 11.6 Å². The molecule has 24 heavy (non-hydrogen) atoms. The summed E-state index contributed by atoms with van der Waals surface area (Å²) < 4.78 is 19.4. The molecule has 0 bridgehead atoms. The van der Waals surface area contributed by atoms with E-state index in [1.165, 1.54) is 31.7 Å². The number of hydrogen-bond acceptors (Lipinski definition) is 1. The van der Waals surface area contributed by atoms with Crippen molar-refractivity contribution in [3.8, 4) is 17.6 Å². The summed E-state index contributed by atoms with van der Waals surface area (Å²) in [5.74, 6) is 6.21. The maximum atomic E-state index is 13.7. The second-order valence-corrected chi connectivity index (χ2v) is 6.10. The highest BCUT2D eigenvalue weighted by molar-refractivity contribution is 6.30. The van der Waals surface area contributed by atoms with E-state index < -0.39 is 5.82 Å². The summed E-state index contributed by atoms with van der Waals surface area (Å²) in [6.07, 6.45) is 6.11. The van der Waals surface area contributed by atoms with E-state index in [1.807, 2.05) is 24.3 Å². The third-order valence-electron chi connectivity index (χ3n) is 3.64. The summed E-state index contributed by atoms with van der Waals surface area (Å²) in [7, 11) is 0. The van der Waals surface area contributed by atoms with Gasteiger partial charge in [-0.25, -0.2) is 4.39 Å². The van der Waals surface area contributed by atoms with Crippen molar-refractivity contribution in [3.05, 3.63) is 64.4 Å². The van der Waals surface area contributed by atoms with E-state index in [2.05, 4.69) is 18.8 Å². The molecule has 126 valence electrons. The average Bonchev–Trinajstić information content (AvgIpc) is 2.58. The molecule has 3 heteroatoms. The molecular formula is C21H22ClFO. The van der Waals surface area contributed by atoms with Gasteiger partial charge in [0.25, 0.3) is 0 Å². The molecule has 0 saturated carbocycles. The lowest BCUT2D eigenvalue weighted by atomic mass is 10.1. The van der Waals surface area contributed by atoms with Gasteiger partial charge >= 0.3 is 0 Å². The van der Waals surface area contributed by atoms with E-state index in [1.54, 1.807) is 12.1 Å². The number of rotatable bonds is 7. The van der Waals surface area contributed by atoms with Crippen LogP contribution in [0.2, 0.25) is 5.02 Å². The smallest absolute Gasteiger partial charge is 0.140 e. The van der Waals surface area contributed by atoms with Gasteiger partial charge in [-0.05, 0) is 48.9 Å². The van der Waals surface area contributed by atoms with Gasteiger partial charge in [0.15, 0.2) is 0 Å². The molecule has 0 aromatic heterocycles. The molecule has 0 aliphatic carbocycles. The average molecular weight is 345 g/mol. The van der Waals surface area contributed by atoms with Crippen LogP contribution in [0.5, 0.6) is 5.75 Å². The Morgan fingerprint density at radius 2 is 1.71 bits per heavy atom. The van der Waals surface area contributed by atoms with E-state index in [4.69, 9.17) is 16.3 Å². The third kappa shape index (κ3) is 6.26. The Hall–Kier alpha value is -1.98. The highest BCUT2D eigenvalue weighted by Crippen LogP contribution is 2.15. The van der Waals surface area contributed by atoms with Crippen molar-refractivity contribution in [1.29, 1.82) is 0 Å². The summed E-state index contributed by atoms with van der Waals surface area (Å²) >= 11 is 5.73. The zero-order valence-electron chi connectivity index (χ0n) is 13.9. The Morgan fingerprint density at radius 3 is 2.42 bits per heavy atom. The predicted octanol–water partition coefficient (Wildman–Crippen LogP) is 6.23. The van der Waals surface area contributed by atoms with Gasteiger partial charge in [-0.1, -0.05) is 56.0 Å². The molecule has 1 nitrogen and oxygen atoms in total. The SMILES string of the molecule is CCCCCCCOc1ccc(C#Cc2ccc(Cl)cc2F)cc1. The van der Waals surface area contributed by atoms with Gasteiger partial charge in [-0.15, -0.1) is 0 Å². The number of hydrogen-bond donors (Lipinski definition) is 0. The molecule has 0 aliphatic heterocycles. The molecule has 0 amide bonds. The van der Waals surface area contributed by atoms with Crippen LogP contribution in [0.3, 0.4) is 0 Å². The molecule has 0 N–H and O–H groups in total. The third-order valence-corrected chi connectivity index (χ3v) is 3.88. The zero-order chi connectivity index (χ0) is 17.2. The van der Waals surface area contributed by atoms with Gasteiger partial charge in [0.1, 0.15) is 11.6 Å². The molecule has 2 rings (SSSR count). The van der Waals surface area contributed by atoms with Gasteiger partial charge in [-0.3, -0.25) is 0 Å². The summed E-state index contributed by atoms with van der Waals surface area (Å²) in [5, 5.41) is 0.370. The first-order valence-corrected chi connectivity index (χ1v) is 8.77. The maximum Gasteiger partial charge on any atom is 0.140 e. The second kappa shape index (κ2) is 10.0. The first-order chi connectivity index (χ1) is 11.7. The van der Waals surface area contributed by atoms with Crippen LogP contribution in [0.15, 0.2) is 42.5 Å². The molecule has 2 aromatic carbocycles. The monoisotopic (exact) mass is 344 g/mol. The minimum absolute atomic E-state index is 0.340. The molecule has 0 unspecified atom stereocenters. The van der Waals surface area contributed by atoms with E-state index >= 15 is 0 Å². The fourth-order valence-corrected chi connectivity index (χ4v) is 2.42. The lowest BCUT2D eigenvalue weighted by molar-refractivity contribution is 0.304. The van der Waals surface area contributed by atoms with Crippen LogP contribution in [0.25, 0.3) is 0 Å². The number of halogens is 2. The normalized spacial score (nSPS) is 10.1. The summed E-state index contributed by atoms with van der Waals surface area (Å²) in [6.45, 7) is 2.95. The molecule has 0 spiro atoms. The fourth-order valence-electron chi connectivity index (χ4n) is 2.26. The predicted molar refractivity (Wildman–Crippen MR) is 98.1 cm³/mol.